The summed E-state index contributed by atoms with van der Waals surface area (Å²) >= 11 is 0. The lowest BCUT2D eigenvalue weighted by molar-refractivity contribution is -0.117. The number of carbonyl (C=O) groups is 2. The normalized spacial score (nSPS) is 17.0. The molecule has 23 heavy (non-hydrogen) atoms. The Hall–Kier alpha value is -1.69. The summed E-state index contributed by atoms with van der Waals surface area (Å²) in [5.74, 6) is -1.10. The van der Waals surface area contributed by atoms with Crippen molar-refractivity contribution in [3.05, 3.63) is 17.0 Å². The standard InChI is InChI=1S/C17H27N3O3/c1-12-14(13(2)20(3)19-12)15(22)16(23)18-11-17(9-10-21)7-5-4-6-8-17/h21H,4-11H2,1-3H3,(H,18,23). The molecule has 2 rings (SSSR count). The molecule has 1 fully saturated rings. The van der Waals surface area contributed by atoms with Gasteiger partial charge in [-0.2, -0.15) is 5.10 Å². The molecule has 0 atom stereocenters. The molecule has 0 unspecified atom stereocenters. The Morgan fingerprint density at radius 2 is 1.91 bits per heavy atom. The molecule has 0 aromatic carbocycles. The zero-order valence-electron chi connectivity index (χ0n) is 14.3. The first-order valence-electron chi connectivity index (χ1n) is 8.34. The van der Waals surface area contributed by atoms with Crippen LogP contribution in [0.4, 0.5) is 0 Å². The molecule has 1 aromatic heterocycles. The summed E-state index contributed by atoms with van der Waals surface area (Å²) in [6.07, 6.45) is 6.09. The van der Waals surface area contributed by atoms with Crippen LogP contribution < -0.4 is 5.32 Å². The van der Waals surface area contributed by atoms with Crippen molar-refractivity contribution in [3.63, 3.8) is 0 Å². The van der Waals surface area contributed by atoms with Gasteiger partial charge in [-0.15, -0.1) is 0 Å². The molecule has 6 heteroatoms. The van der Waals surface area contributed by atoms with Crippen LogP contribution in [-0.4, -0.2) is 39.7 Å². The zero-order chi connectivity index (χ0) is 17.0. The maximum Gasteiger partial charge on any atom is 0.292 e. The minimum Gasteiger partial charge on any atom is -0.396 e. The summed E-state index contributed by atoms with van der Waals surface area (Å²) in [5.41, 5.74) is 1.60. The number of aliphatic hydroxyl groups excluding tert-OH is 1. The van der Waals surface area contributed by atoms with Gasteiger partial charge in [0, 0.05) is 25.9 Å². The predicted octanol–water partition coefficient (Wildman–Crippen LogP) is 1.67. The third-order valence-electron chi connectivity index (χ3n) is 5.12. The van der Waals surface area contributed by atoms with Crippen LogP contribution in [0.1, 0.15) is 60.3 Å². The van der Waals surface area contributed by atoms with Crippen molar-refractivity contribution in [2.75, 3.05) is 13.2 Å². The SMILES string of the molecule is Cc1nn(C)c(C)c1C(=O)C(=O)NCC1(CCO)CCCCC1. The number of carbonyl (C=O) groups excluding carboxylic acids is 2. The maximum atomic E-state index is 12.4. The van der Waals surface area contributed by atoms with Gasteiger partial charge in [-0.1, -0.05) is 19.3 Å². The number of aryl methyl sites for hydroxylation is 2. The highest BCUT2D eigenvalue weighted by molar-refractivity contribution is 6.43. The molecule has 128 valence electrons. The molecular weight excluding hydrogens is 294 g/mol. The second-order valence-corrected chi connectivity index (χ2v) is 6.72. The van der Waals surface area contributed by atoms with Gasteiger partial charge in [0.25, 0.3) is 11.7 Å². The highest BCUT2D eigenvalue weighted by Gasteiger charge is 2.33. The third-order valence-corrected chi connectivity index (χ3v) is 5.12. The Kier molecular flexibility index (Phi) is 5.57. The first-order valence-corrected chi connectivity index (χ1v) is 8.34. The van der Waals surface area contributed by atoms with Gasteiger partial charge in [-0.05, 0) is 38.5 Å². The van der Waals surface area contributed by atoms with Gasteiger partial charge in [0.1, 0.15) is 0 Å². The smallest absolute Gasteiger partial charge is 0.292 e. The van der Waals surface area contributed by atoms with Gasteiger partial charge in [0.15, 0.2) is 0 Å². The van der Waals surface area contributed by atoms with Crippen molar-refractivity contribution in [2.24, 2.45) is 12.5 Å². The lowest BCUT2D eigenvalue weighted by atomic mass is 9.72. The van der Waals surface area contributed by atoms with E-state index in [0.717, 1.165) is 25.7 Å². The molecule has 0 aliphatic heterocycles. The number of rotatable bonds is 6. The van der Waals surface area contributed by atoms with Crippen LogP contribution in [-0.2, 0) is 11.8 Å². The number of hydrogen-bond donors (Lipinski definition) is 2. The fourth-order valence-electron chi connectivity index (χ4n) is 3.62. The fourth-order valence-corrected chi connectivity index (χ4v) is 3.62. The fraction of sp³-hybridized carbons (Fsp3) is 0.706. The van der Waals surface area contributed by atoms with E-state index < -0.39 is 11.7 Å². The number of Topliss-reactive ketones (excluding diaryl/α,β-unsaturated/α-hetero) is 1. The van der Waals surface area contributed by atoms with Crippen molar-refractivity contribution in [1.82, 2.24) is 15.1 Å². The topological polar surface area (TPSA) is 84.2 Å². The summed E-state index contributed by atoms with van der Waals surface area (Å²) in [4.78, 5) is 24.7. The summed E-state index contributed by atoms with van der Waals surface area (Å²) in [7, 11) is 1.76. The van der Waals surface area contributed by atoms with Gasteiger partial charge < -0.3 is 10.4 Å². The maximum absolute atomic E-state index is 12.4. The highest BCUT2D eigenvalue weighted by atomic mass is 16.3. The van der Waals surface area contributed by atoms with Crippen molar-refractivity contribution in [3.8, 4) is 0 Å². The number of nitrogens with one attached hydrogen (secondary N) is 1. The van der Waals surface area contributed by atoms with Crippen LogP contribution in [0.15, 0.2) is 0 Å². The molecule has 1 heterocycles. The van der Waals surface area contributed by atoms with Crippen LogP contribution in [0.3, 0.4) is 0 Å². The molecule has 1 aliphatic rings. The lowest BCUT2D eigenvalue weighted by Crippen LogP contribution is -2.42. The molecular formula is C17H27N3O3. The zero-order valence-corrected chi connectivity index (χ0v) is 14.3. The summed E-state index contributed by atoms with van der Waals surface area (Å²) < 4.78 is 1.62. The molecule has 0 spiro atoms. The van der Waals surface area contributed by atoms with Crippen LogP contribution in [0.2, 0.25) is 0 Å². The summed E-state index contributed by atoms with van der Waals surface area (Å²) in [5, 5.41) is 16.3. The van der Waals surface area contributed by atoms with E-state index in [1.54, 1.807) is 25.6 Å². The molecule has 1 saturated carbocycles. The molecule has 2 N–H and O–H groups in total. The average Bonchev–Trinajstić information content (AvgIpc) is 2.78. The van der Waals surface area contributed by atoms with Gasteiger partial charge in [0.2, 0.25) is 0 Å². The van der Waals surface area contributed by atoms with E-state index in [4.69, 9.17) is 0 Å². The molecule has 0 radical (unpaired) electrons. The third kappa shape index (κ3) is 3.80. The Morgan fingerprint density at radius 3 is 2.43 bits per heavy atom. The molecule has 6 nitrogen and oxygen atoms in total. The predicted molar refractivity (Wildman–Crippen MR) is 87.2 cm³/mol. The van der Waals surface area contributed by atoms with Gasteiger partial charge in [-0.3, -0.25) is 14.3 Å². The summed E-state index contributed by atoms with van der Waals surface area (Å²) in [6.45, 7) is 4.10. The second kappa shape index (κ2) is 7.25. The van der Waals surface area contributed by atoms with E-state index in [1.807, 2.05) is 0 Å². The Labute approximate surface area is 137 Å². The largest absolute Gasteiger partial charge is 0.396 e. The van der Waals surface area contributed by atoms with E-state index in [0.29, 0.717) is 29.9 Å². The lowest BCUT2D eigenvalue weighted by Gasteiger charge is -2.37. The van der Waals surface area contributed by atoms with Crippen LogP contribution in [0.25, 0.3) is 0 Å². The number of hydrogen-bond acceptors (Lipinski definition) is 4. The van der Waals surface area contributed by atoms with Gasteiger partial charge in [0.05, 0.1) is 11.3 Å². The Balaban J connectivity index is 2.04. The monoisotopic (exact) mass is 321 g/mol. The van der Waals surface area contributed by atoms with E-state index in [9.17, 15) is 14.7 Å². The molecule has 1 aliphatic carbocycles. The Bertz CT molecular complexity index is 581. The minimum absolute atomic E-state index is 0.0675. The van der Waals surface area contributed by atoms with Crippen molar-refractivity contribution in [1.29, 1.82) is 0 Å². The summed E-state index contributed by atoms with van der Waals surface area (Å²) in [6, 6.07) is 0. The number of amides is 1. The average molecular weight is 321 g/mol. The van der Waals surface area contributed by atoms with Gasteiger partial charge >= 0.3 is 0 Å². The minimum atomic E-state index is -0.577. The van der Waals surface area contributed by atoms with Gasteiger partial charge in [-0.25, -0.2) is 0 Å². The van der Waals surface area contributed by atoms with E-state index >= 15 is 0 Å². The van der Waals surface area contributed by atoms with Crippen LogP contribution >= 0.6 is 0 Å². The second-order valence-electron chi connectivity index (χ2n) is 6.72. The molecule has 0 bridgehead atoms. The van der Waals surface area contributed by atoms with E-state index in [2.05, 4.69) is 10.4 Å². The van der Waals surface area contributed by atoms with Crippen LogP contribution in [0.5, 0.6) is 0 Å². The molecule has 1 aromatic rings. The van der Waals surface area contributed by atoms with E-state index in [1.165, 1.54) is 6.42 Å². The number of nitrogens with zero attached hydrogens (tertiary/aromatic N) is 2. The number of aromatic nitrogens is 2. The first kappa shape index (κ1) is 17.7. The quantitative estimate of drug-likeness (QED) is 0.616. The van der Waals surface area contributed by atoms with E-state index in [-0.39, 0.29) is 12.0 Å². The Morgan fingerprint density at radius 1 is 1.26 bits per heavy atom. The van der Waals surface area contributed by atoms with Crippen LogP contribution in [0, 0.1) is 19.3 Å². The molecule has 0 saturated heterocycles. The van der Waals surface area contributed by atoms with Crippen molar-refractivity contribution < 1.29 is 14.7 Å². The van der Waals surface area contributed by atoms with Crippen molar-refractivity contribution >= 4 is 11.7 Å². The molecule has 1 amide bonds. The highest BCUT2D eigenvalue weighted by Crippen LogP contribution is 2.38. The first-order chi connectivity index (χ1) is 10.9. The van der Waals surface area contributed by atoms with Crippen molar-refractivity contribution in [2.45, 2.75) is 52.4 Å². The number of aliphatic hydroxyl groups is 1. The number of ketones is 1.